The molecule has 1 saturated carbocycles. The number of piperazine rings is 1. The van der Waals surface area contributed by atoms with Crippen molar-refractivity contribution >= 4 is 23.4 Å². The minimum absolute atomic E-state index is 0.00962. The van der Waals surface area contributed by atoms with Crippen LogP contribution in [0.2, 0.25) is 5.02 Å². The second kappa shape index (κ2) is 9.48. The summed E-state index contributed by atoms with van der Waals surface area (Å²) in [4.78, 5) is 37.2. The van der Waals surface area contributed by atoms with Crippen LogP contribution in [0.15, 0.2) is 30.9 Å². The lowest BCUT2D eigenvalue weighted by Crippen LogP contribution is -2.57. The second-order valence-electron chi connectivity index (χ2n) is 11.5. The van der Waals surface area contributed by atoms with Crippen molar-refractivity contribution in [1.29, 1.82) is 0 Å². The van der Waals surface area contributed by atoms with Crippen LogP contribution in [0.5, 0.6) is 11.5 Å². The fourth-order valence-corrected chi connectivity index (χ4v) is 7.59. The number of carbonyl (C=O) groups is 2. The van der Waals surface area contributed by atoms with E-state index in [2.05, 4.69) is 25.5 Å². The van der Waals surface area contributed by atoms with Gasteiger partial charge >= 0.3 is 0 Å². The monoisotopic (exact) mass is 554 g/mol. The van der Waals surface area contributed by atoms with E-state index in [1.54, 1.807) is 9.80 Å². The summed E-state index contributed by atoms with van der Waals surface area (Å²) in [5.74, 6) is -0.876. The lowest BCUT2D eigenvalue weighted by atomic mass is 9.73. The summed E-state index contributed by atoms with van der Waals surface area (Å²) in [7, 11) is 2.10. The summed E-state index contributed by atoms with van der Waals surface area (Å²) in [6.07, 6.45) is 3.09. The van der Waals surface area contributed by atoms with E-state index in [0.717, 1.165) is 25.9 Å². The van der Waals surface area contributed by atoms with Crippen LogP contribution >= 0.6 is 11.6 Å². The normalized spacial score (nSPS) is 28.4. The number of rotatable bonds is 3. The van der Waals surface area contributed by atoms with Crippen molar-refractivity contribution < 1.29 is 23.8 Å². The SMILES string of the molecule is C=CC(=O)N1CCN2C(=O)c3c(C4CCC5CN(C)CC54C)nc(-c4c(O)cccc4F)c(Cl)c3OC[C@H]2C1. The summed E-state index contributed by atoms with van der Waals surface area (Å²) in [6, 6.07) is 3.66. The minimum atomic E-state index is -0.664. The number of carbonyl (C=O) groups excluding carboxylic acids is 2. The number of halogens is 2. The molecule has 1 aromatic heterocycles. The Morgan fingerprint density at radius 2 is 2.08 bits per heavy atom. The Hall–Kier alpha value is -3.17. The molecule has 4 aliphatic rings. The predicted octanol–water partition coefficient (Wildman–Crippen LogP) is 3.92. The Kier molecular flexibility index (Phi) is 6.34. The maximum absolute atomic E-state index is 15.1. The van der Waals surface area contributed by atoms with Gasteiger partial charge in [-0.1, -0.05) is 31.2 Å². The number of aromatic nitrogens is 1. The van der Waals surface area contributed by atoms with Crippen LogP contribution < -0.4 is 4.74 Å². The summed E-state index contributed by atoms with van der Waals surface area (Å²) in [5.41, 5.74) is 0.666. The largest absolute Gasteiger partial charge is 0.507 e. The van der Waals surface area contributed by atoms with Crippen LogP contribution in [0.25, 0.3) is 11.3 Å². The third-order valence-corrected chi connectivity index (χ3v) is 9.57. The van der Waals surface area contributed by atoms with Crippen LogP contribution in [0.1, 0.15) is 41.7 Å². The molecule has 10 heteroatoms. The summed E-state index contributed by atoms with van der Waals surface area (Å²) < 4.78 is 21.4. The van der Waals surface area contributed by atoms with Gasteiger partial charge in [0.1, 0.15) is 28.8 Å². The highest BCUT2D eigenvalue weighted by molar-refractivity contribution is 6.35. The zero-order valence-electron chi connectivity index (χ0n) is 22.1. The Labute approximate surface area is 232 Å². The number of benzene rings is 1. The molecule has 0 bridgehead atoms. The van der Waals surface area contributed by atoms with Gasteiger partial charge in [0.2, 0.25) is 5.91 Å². The molecule has 2 aromatic rings. The first-order valence-electron chi connectivity index (χ1n) is 13.4. The zero-order valence-corrected chi connectivity index (χ0v) is 22.9. The van der Waals surface area contributed by atoms with Crippen molar-refractivity contribution in [2.75, 3.05) is 46.4 Å². The number of aromatic hydroxyl groups is 1. The van der Waals surface area contributed by atoms with Gasteiger partial charge in [0.05, 0.1) is 23.0 Å². The maximum atomic E-state index is 15.1. The third-order valence-electron chi connectivity index (χ3n) is 9.22. The van der Waals surface area contributed by atoms with Crippen LogP contribution in [0, 0.1) is 17.2 Å². The Balaban J connectivity index is 1.53. The van der Waals surface area contributed by atoms with Crippen molar-refractivity contribution in [2.45, 2.75) is 31.7 Å². The van der Waals surface area contributed by atoms with Crippen LogP contribution in [0.4, 0.5) is 4.39 Å². The van der Waals surface area contributed by atoms with Gasteiger partial charge in [-0.05, 0) is 49.4 Å². The molecule has 1 aromatic carbocycles. The molecule has 206 valence electrons. The van der Waals surface area contributed by atoms with E-state index < -0.39 is 5.82 Å². The molecule has 6 rings (SSSR count). The van der Waals surface area contributed by atoms with Gasteiger partial charge in [0.25, 0.3) is 5.91 Å². The average molecular weight is 555 g/mol. The molecule has 0 spiro atoms. The summed E-state index contributed by atoms with van der Waals surface area (Å²) in [5, 5.41) is 10.6. The number of pyridine rings is 1. The molecule has 3 fully saturated rings. The van der Waals surface area contributed by atoms with E-state index in [1.165, 1.54) is 24.3 Å². The van der Waals surface area contributed by atoms with Crippen molar-refractivity contribution in [3.8, 4) is 22.8 Å². The van der Waals surface area contributed by atoms with Gasteiger partial charge in [-0.15, -0.1) is 0 Å². The lowest BCUT2D eigenvalue weighted by Gasteiger charge is -2.39. The van der Waals surface area contributed by atoms with Gasteiger partial charge in [-0.25, -0.2) is 9.37 Å². The van der Waals surface area contributed by atoms with Gasteiger partial charge in [-0.3, -0.25) is 9.59 Å². The predicted molar refractivity (Wildman–Crippen MR) is 144 cm³/mol. The molecule has 4 heterocycles. The third kappa shape index (κ3) is 4.00. The quantitative estimate of drug-likeness (QED) is 0.579. The number of ether oxygens (including phenoxy) is 1. The van der Waals surface area contributed by atoms with Gasteiger partial charge in [-0.2, -0.15) is 0 Å². The van der Waals surface area contributed by atoms with E-state index >= 15 is 4.39 Å². The standard InChI is InChI=1S/C29H32ClFN4O4/c1-4-21(37)34-10-11-35-17(13-34)14-39-27-23(28(35)38)25(18-9-8-16-12-33(3)15-29(16,18)2)32-26(24(27)30)22-19(31)6-5-7-20(22)36/h4-7,16-18,36H,1,8-15H2,2-3H3/t16?,17-,18?,29?/m1/s1. The van der Waals surface area contributed by atoms with E-state index in [1.807, 2.05) is 0 Å². The number of fused-ring (bicyclic) bond motifs is 3. The fourth-order valence-electron chi connectivity index (χ4n) is 7.31. The molecule has 2 saturated heterocycles. The molecule has 4 atom stereocenters. The molecule has 3 unspecified atom stereocenters. The van der Waals surface area contributed by atoms with Crippen molar-refractivity contribution in [3.05, 3.63) is 53.0 Å². The smallest absolute Gasteiger partial charge is 0.260 e. The molecule has 3 aliphatic heterocycles. The summed E-state index contributed by atoms with van der Waals surface area (Å²) >= 11 is 6.87. The van der Waals surface area contributed by atoms with Crippen molar-refractivity contribution in [1.82, 2.24) is 19.7 Å². The van der Waals surface area contributed by atoms with E-state index in [9.17, 15) is 14.7 Å². The van der Waals surface area contributed by atoms with Gasteiger partial charge < -0.3 is 24.5 Å². The van der Waals surface area contributed by atoms with Crippen LogP contribution in [0.3, 0.4) is 0 Å². The average Bonchev–Trinajstić information content (AvgIpc) is 3.31. The first-order valence-corrected chi connectivity index (χ1v) is 13.8. The highest BCUT2D eigenvalue weighted by Crippen LogP contribution is 2.58. The first-order chi connectivity index (χ1) is 18.6. The van der Waals surface area contributed by atoms with Crippen LogP contribution in [-0.2, 0) is 4.79 Å². The van der Waals surface area contributed by atoms with Gasteiger partial charge in [0, 0.05) is 38.6 Å². The number of phenols is 1. The molecule has 0 radical (unpaired) electrons. The highest BCUT2D eigenvalue weighted by Gasteiger charge is 2.54. The summed E-state index contributed by atoms with van der Waals surface area (Å²) in [6.45, 7) is 8.78. The van der Waals surface area contributed by atoms with E-state index in [-0.39, 0.29) is 63.6 Å². The minimum Gasteiger partial charge on any atom is -0.507 e. The number of likely N-dealkylation sites (tertiary alicyclic amines) is 1. The molecule has 8 nitrogen and oxygen atoms in total. The molecular formula is C29H32ClFN4O4. The van der Waals surface area contributed by atoms with Gasteiger partial charge in [0.15, 0.2) is 5.75 Å². The molecular weight excluding hydrogens is 523 g/mol. The maximum Gasteiger partial charge on any atom is 0.260 e. The lowest BCUT2D eigenvalue weighted by molar-refractivity contribution is -0.128. The first kappa shape index (κ1) is 26.1. The molecule has 2 amide bonds. The second-order valence-corrected chi connectivity index (χ2v) is 11.9. The number of amides is 2. The molecule has 1 N–H and O–H groups in total. The van der Waals surface area contributed by atoms with E-state index in [0.29, 0.717) is 36.8 Å². The Morgan fingerprint density at radius 3 is 2.82 bits per heavy atom. The topological polar surface area (TPSA) is 86.2 Å². The zero-order chi connectivity index (χ0) is 27.6. The molecule has 39 heavy (non-hydrogen) atoms. The Morgan fingerprint density at radius 1 is 1.28 bits per heavy atom. The molecule has 1 aliphatic carbocycles. The van der Waals surface area contributed by atoms with Crippen molar-refractivity contribution in [2.24, 2.45) is 11.3 Å². The number of hydrogen-bond acceptors (Lipinski definition) is 6. The van der Waals surface area contributed by atoms with E-state index in [4.69, 9.17) is 21.3 Å². The fraction of sp³-hybridized carbons (Fsp3) is 0.483. The van der Waals surface area contributed by atoms with Crippen LogP contribution in [-0.4, -0.2) is 89.0 Å². The number of hydrogen-bond donors (Lipinski definition) is 1. The highest BCUT2D eigenvalue weighted by atomic mass is 35.5. The Bertz CT molecular complexity index is 1370. The van der Waals surface area contributed by atoms with Crippen molar-refractivity contribution in [3.63, 3.8) is 0 Å². The number of nitrogens with zero attached hydrogens (tertiary/aromatic N) is 4. The number of phenolic OH excluding ortho intramolecular Hbond substituents is 1.